The lowest BCUT2D eigenvalue weighted by atomic mass is 10.0. The summed E-state index contributed by atoms with van der Waals surface area (Å²) in [7, 11) is 0. The summed E-state index contributed by atoms with van der Waals surface area (Å²) in [5.41, 5.74) is 0.735. The number of nitrogens with one attached hydrogen (secondary N) is 1. The fraction of sp³-hybridized carbons (Fsp3) is 0.625. The quantitative estimate of drug-likeness (QED) is 0.700. The SMILES string of the molecule is CC(C)CCCC(C)NC(C)c1ccc(Br)cc1F. The summed E-state index contributed by atoms with van der Waals surface area (Å²) in [6.07, 6.45) is 3.62. The Labute approximate surface area is 125 Å². The summed E-state index contributed by atoms with van der Waals surface area (Å²) in [5, 5.41) is 3.47. The minimum Gasteiger partial charge on any atom is -0.308 e. The van der Waals surface area contributed by atoms with Crippen LogP contribution in [0.15, 0.2) is 22.7 Å². The van der Waals surface area contributed by atoms with E-state index >= 15 is 0 Å². The zero-order chi connectivity index (χ0) is 14.4. The van der Waals surface area contributed by atoms with Gasteiger partial charge in [-0.1, -0.05) is 48.7 Å². The van der Waals surface area contributed by atoms with Gasteiger partial charge in [-0.25, -0.2) is 4.39 Å². The van der Waals surface area contributed by atoms with Gasteiger partial charge in [0.05, 0.1) is 0 Å². The van der Waals surface area contributed by atoms with E-state index in [1.165, 1.54) is 18.9 Å². The Kier molecular flexibility index (Phi) is 7.01. The minimum absolute atomic E-state index is 0.0437. The number of hydrogen-bond donors (Lipinski definition) is 1. The second-order valence-electron chi connectivity index (χ2n) is 5.78. The number of hydrogen-bond acceptors (Lipinski definition) is 1. The summed E-state index contributed by atoms with van der Waals surface area (Å²) < 4.78 is 14.6. The average Bonchev–Trinajstić information content (AvgIpc) is 2.27. The fourth-order valence-corrected chi connectivity index (χ4v) is 2.62. The second-order valence-corrected chi connectivity index (χ2v) is 6.70. The third-order valence-electron chi connectivity index (χ3n) is 3.38. The molecule has 3 heteroatoms. The molecular formula is C16H25BrFN. The van der Waals surface area contributed by atoms with Crippen LogP contribution in [0.3, 0.4) is 0 Å². The van der Waals surface area contributed by atoms with Crippen molar-refractivity contribution < 1.29 is 4.39 Å². The van der Waals surface area contributed by atoms with Crippen LogP contribution in [0.5, 0.6) is 0 Å². The van der Waals surface area contributed by atoms with Crippen LogP contribution in [0.25, 0.3) is 0 Å². The van der Waals surface area contributed by atoms with Crippen molar-refractivity contribution >= 4 is 15.9 Å². The molecule has 2 atom stereocenters. The molecule has 0 fully saturated rings. The van der Waals surface area contributed by atoms with E-state index in [1.807, 2.05) is 19.1 Å². The van der Waals surface area contributed by atoms with Gasteiger partial charge >= 0.3 is 0 Å². The lowest BCUT2D eigenvalue weighted by Gasteiger charge is -2.21. The molecule has 0 amide bonds. The van der Waals surface area contributed by atoms with Crippen LogP contribution in [-0.4, -0.2) is 6.04 Å². The Balaban J connectivity index is 2.47. The maximum atomic E-state index is 13.8. The van der Waals surface area contributed by atoms with Crippen molar-refractivity contribution in [1.82, 2.24) is 5.32 Å². The lowest BCUT2D eigenvalue weighted by Crippen LogP contribution is -2.29. The Morgan fingerprint density at radius 2 is 1.84 bits per heavy atom. The zero-order valence-electron chi connectivity index (χ0n) is 12.3. The van der Waals surface area contributed by atoms with E-state index in [1.54, 1.807) is 0 Å². The molecule has 108 valence electrons. The van der Waals surface area contributed by atoms with Gasteiger partial charge in [-0.05, 0) is 38.3 Å². The Hall–Kier alpha value is -0.410. The van der Waals surface area contributed by atoms with Gasteiger partial charge in [-0.15, -0.1) is 0 Å². The molecule has 0 aliphatic rings. The largest absolute Gasteiger partial charge is 0.308 e. The lowest BCUT2D eigenvalue weighted by molar-refractivity contribution is 0.416. The predicted molar refractivity (Wildman–Crippen MR) is 83.8 cm³/mol. The highest BCUT2D eigenvalue weighted by atomic mass is 79.9. The molecule has 0 radical (unpaired) electrons. The highest BCUT2D eigenvalue weighted by Crippen LogP contribution is 2.21. The van der Waals surface area contributed by atoms with Gasteiger partial charge in [0, 0.05) is 22.1 Å². The van der Waals surface area contributed by atoms with E-state index in [0.29, 0.717) is 6.04 Å². The van der Waals surface area contributed by atoms with Crippen LogP contribution in [0.2, 0.25) is 0 Å². The molecule has 0 saturated heterocycles. The van der Waals surface area contributed by atoms with Gasteiger partial charge < -0.3 is 5.32 Å². The standard InChI is InChI=1S/C16H25BrFN/c1-11(2)6-5-7-12(3)19-13(4)15-9-8-14(17)10-16(15)18/h8-13,19H,5-7H2,1-4H3. The van der Waals surface area contributed by atoms with E-state index in [0.717, 1.165) is 22.4 Å². The normalized spacial score (nSPS) is 14.7. The molecule has 0 aliphatic carbocycles. The Morgan fingerprint density at radius 1 is 1.16 bits per heavy atom. The van der Waals surface area contributed by atoms with Crippen molar-refractivity contribution in [2.24, 2.45) is 5.92 Å². The van der Waals surface area contributed by atoms with Gasteiger partial charge in [-0.3, -0.25) is 0 Å². The van der Waals surface area contributed by atoms with Gasteiger partial charge in [-0.2, -0.15) is 0 Å². The van der Waals surface area contributed by atoms with Crippen LogP contribution < -0.4 is 5.32 Å². The molecule has 1 nitrogen and oxygen atoms in total. The van der Waals surface area contributed by atoms with E-state index < -0.39 is 0 Å². The highest BCUT2D eigenvalue weighted by molar-refractivity contribution is 9.10. The Morgan fingerprint density at radius 3 is 2.42 bits per heavy atom. The molecule has 1 aromatic rings. The summed E-state index contributed by atoms with van der Waals surface area (Å²) in [6.45, 7) is 8.69. The first kappa shape index (κ1) is 16.6. The highest BCUT2D eigenvalue weighted by Gasteiger charge is 2.13. The zero-order valence-corrected chi connectivity index (χ0v) is 13.9. The first-order valence-electron chi connectivity index (χ1n) is 7.11. The molecule has 0 heterocycles. The third-order valence-corrected chi connectivity index (χ3v) is 3.88. The van der Waals surface area contributed by atoms with E-state index in [4.69, 9.17) is 0 Å². The second kappa shape index (κ2) is 8.01. The van der Waals surface area contributed by atoms with Crippen molar-refractivity contribution in [2.75, 3.05) is 0 Å². The monoisotopic (exact) mass is 329 g/mol. The molecule has 1 aromatic carbocycles. The minimum atomic E-state index is -0.149. The number of halogens is 2. The smallest absolute Gasteiger partial charge is 0.129 e. The summed E-state index contributed by atoms with van der Waals surface area (Å²) in [6, 6.07) is 5.72. The van der Waals surface area contributed by atoms with E-state index in [2.05, 4.69) is 42.0 Å². The van der Waals surface area contributed by atoms with Crippen LogP contribution in [0.1, 0.15) is 58.6 Å². The summed E-state index contributed by atoms with van der Waals surface area (Å²) in [5.74, 6) is 0.609. The van der Waals surface area contributed by atoms with Crippen molar-refractivity contribution in [2.45, 2.75) is 59.0 Å². The van der Waals surface area contributed by atoms with E-state index in [-0.39, 0.29) is 11.9 Å². The maximum Gasteiger partial charge on any atom is 0.129 e. The van der Waals surface area contributed by atoms with Crippen LogP contribution in [0.4, 0.5) is 4.39 Å². The van der Waals surface area contributed by atoms with Gasteiger partial charge in [0.1, 0.15) is 5.82 Å². The van der Waals surface area contributed by atoms with Crippen molar-refractivity contribution in [1.29, 1.82) is 0 Å². The first-order valence-corrected chi connectivity index (χ1v) is 7.90. The molecule has 1 N–H and O–H groups in total. The number of benzene rings is 1. The third kappa shape index (κ3) is 6.05. The summed E-state index contributed by atoms with van der Waals surface area (Å²) >= 11 is 3.28. The molecule has 0 aromatic heterocycles. The van der Waals surface area contributed by atoms with Gasteiger partial charge in [0.25, 0.3) is 0 Å². The van der Waals surface area contributed by atoms with Crippen LogP contribution in [0, 0.1) is 11.7 Å². The van der Waals surface area contributed by atoms with Gasteiger partial charge in [0.2, 0.25) is 0 Å². The molecule has 2 unspecified atom stereocenters. The average molecular weight is 330 g/mol. The molecule has 0 aliphatic heterocycles. The Bertz CT molecular complexity index is 392. The molecular weight excluding hydrogens is 305 g/mol. The molecule has 0 bridgehead atoms. The van der Waals surface area contributed by atoms with E-state index in [9.17, 15) is 4.39 Å². The van der Waals surface area contributed by atoms with Crippen molar-refractivity contribution in [3.63, 3.8) is 0 Å². The van der Waals surface area contributed by atoms with Crippen LogP contribution >= 0.6 is 15.9 Å². The van der Waals surface area contributed by atoms with Gasteiger partial charge in [0.15, 0.2) is 0 Å². The molecule has 0 saturated carbocycles. The first-order chi connectivity index (χ1) is 8.90. The molecule has 1 rings (SSSR count). The summed E-state index contributed by atoms with van der Waals surface area (Å²) in [4.78, 5) is 0. The maximum absolute atomic E-state index is 13.8. The number of rotatable bonds is 7. The topological polar surface area (TPSA) is 12.0 Å². The van der Waals surface area contributed by atoms with Crippen molar-refractivity contribution in [3.05, 3.63) is 34.1 Å². The van der Waals surface area contributed by atoms with Crippen LogP contribution in [-0.2, 0) is 0 Å². The molecule has 0 spiro atoms. The molecule has 19 heavy (non-hydrogen) atoms. The predicted octanol–water partition coefficient (Wildman–Crippen LogP) is 5.45. The van der Waals surface area contributed by atoms with Crippen molar-refractivity contribution in [3.8, 4) is 0 Å². The fourth-order valence-electron chi connectivity index (χ4n) is 2.28.